The topological polar surface area (TPSA) is 99.7 Å². The Balaban J connectivity index is 3.51. The van der Waals surface area contributed by atoms with Gasteiger partial charge in [0.15, 0.2) is 0 Å². The summed E-state index contributed by atoms with van der Waals surface area (Å²) in [7, 11) is 0. The van der Waals surface area contributed by atoms with Gasteiger partial charge in [0.1, 0.15) is 11.3 Å². The summed E-state index contributed by atoms with van der Waals surface area (Å²) in [6.07, 6.45) is 0. The molecule has 0 aliphatic rings. The Kier molecular flexibility index (Phi) is 3.62. The summed E-state index contributed by atoms with van der Waals surface area (Å²) in [5.74, 6) is -0.731. The van der Waals surface area contributed by atoms with E-state index in [0.29, 0.717) is 0 Å². The molecule has 0 atom stereocenters. The molecule has 1 aromatic heterocycles. The number of esters is 1. The second-order valence-electron chi connectivity index (χ2n) is 3.27. The molecule has 7 heteroatoms. The molecule has 1 heterocycles. The number of carbonyl (C=O) groups excluding carboxylic acids is 1. The van der Waals surface area contributed by atoms with Gasteiger partial charge in [-0.05, 0) is 20.8 Å². The predicted molar refractivity (Wildman–Crippen MR) is 57.1 cm³/mol. The number of carbonyl (C=O) groups is 1. The molecule has 0 radical (unpaired) electrons. The van der Waals surface area contributed by atoms with Crippen molar-refractivity contribution in [3.8, 4) is 0 Å². The van der Waals surface area contributed by atoms with Gasteiger partial charge in [0, 0.05) is 0 Å². The van der Waals surface area contributed by atoms with Crippen molar-refractivity contribution < 1.29 is 18.9 Å². The van der Waals surface area contributed by atoms with Crippen LogP contribution in [0.15, 0.2) is 9.21 Å². The molecule has 0 N–H and O–H groups in total. The van der Waals surface area contributed by atoms with Crippen LogP contribution in [0.1, 0.15) is 28.6 Å². The molecule has 0 saturated carbocycles. The van der Waals surface area contributed by atoms with Crippen molar-refractivity contribution in [2.75, 3.05) is 6.61 Å². The Morgan fingerprint density at radius 3 is 2.53 bits per heavy atom. The first-order chi connectivity index (χ1) is 7.90. The van der Waals surface area contributed by atoms with Crippen molar-refractivity contribution in [3.63, 3.8) is 0 Å². The van der Waals surface area contributed by atoms with Crippen molar-refractivity contribution in [2.45, 2.75) is 20.8 Å². The molecular weight excluding hydrogens is 230 g/mol. The lowest BCUT2D eigenvalue weighted by Crippen LogP contribution is -2.17. The number of hydrogen-bond donors (Lipinski definition) is 0. The lowest BCUT2D eigenvalue weighted by Gasteiger charge is -2.07. The van der Waals surface area contributed by atoms with Crippen LogP contribution in [0.25, 0.3) is 0 Å². The summed E-state index contributed by atoms with van der Waals surface area (Å²) >= 11 is 0. The Labute approximate surface area is 96.2 Å². The van der Waals surface area contributed by atoms with Crippen molar-refractivity contribution in [1.82, 2.24) is 0 Å². The van der Waals surface area contributed by atoms with E-state index in [9.17, 15) is 19.7 Å². The van der Waals surface area contributed by atoms with Gasteiger partial charge < -0.3 is 9.15 Å². The Hall–Kier alpha value is -2.18. The molecule has 17 heavy (non-hydrogen) atoms. The maximum absolute atomic E-state index is 11.6. The molecule has 1 aromatic rings. The van der Waals surface area contributed by atoms with E-state index in [1.807, 2.05) is 0 Å². The minimum atomic E-state index is -1.07. The van der Waals surface area contributed by atoms with E-state index in [4.69, 9.17) is 4.74 Å². The Morgan fingerprint density at radius 1 is 1.47 bits per heavy atom. The van der Waals surface area contributed by atoms with Crippen LogP contribution in [0, 0.1) is 24.0 Å². The van der Waals surface area contributed by atoms with E-state index < -0.39 is 22.2 Å². The van der Waals surface area contributed by atoms with Crippen molar-refractivity contribution >= 4 is 11.7 Å². The summed E-state index contributed by atoms with van der Waals surface area (Å²) in [4.78, 5) is 32.6. The zero-order valence-electron chi connectivity index (χ0n) is 9.60. The standard InChI is InChI=1S/C10H11NO6/c1-4-16-9(12)7-5(2)8(11(14)15)10(13)17-6(7)3/h4H2,1-3H3. The van der Waals surface area contributed by atoms with E-state index in [1.54, 1.807) is 6.92 Å². The quantitative estimate of drug-likeness (QED) is 0.449. The fourth-order valence-corrected chi connectivity index (χ4v) is 1.49. The van der Waals surface area contributed by atoms with Crippen LogP contribution in [-0.4, -0.2) is 17.5 Å². The third-order valence-corrected chi connectivity index (χ3v) is 2.18. The minimum Gasteiger partial charge on any atom is -0.462 e. The first kappa shape index (κ1) is 12.9. The van der Waals surface area contributed by atoms with Crippen LogP contribution >= 0.6 is 0 Å². The normalized spacial score (nSPS) is 10.1. The molecule has 0 spiro atoms. The number of rotatable bonds is 3. The summed E-state index contributed by atoms with van der Waals surface area (Å²) in [6, 6.07) is 0. The third kappa shape index (κ3) is 2.32. The largest absolute Gasteiger partial charge is 0.462 e. The van der Waals surface area contributed by atoms with Gasteiger partial charge in [0.2, 0.25) is 0 Å². The maximum atomic E-state index is 11.6. The molecule has 0 aliphatic carbocycles. The SMILES string of the molecule is CCOC(=O)c1c(C)oc(=O)c([N+](=O)[O-])c1C. The predicted octanol–water partition coefficient (Wildman–Crippen LogP) is 1.34. The molecule has 0 saturated heterocycles. The van der Waals surface area contributed by atoms with Crippen LogP contribution in [-0.2, 0) is 4.74 Å². The van der Waals surface area contributed by atoms with Crippen LogP contribution in [0.4, 0.5) is 5.69 Å². The second kappa shape index (κ2) is 4.77. The van der Waals surface area contributed by atoms with E-state index in [2.05, 4.69) is 4.42 Å². The molecule has 92 valence electrons. The van der Waals surface area contributed by atoms with Gasteiger partial charge in [-0.2, -0.15) is 0 Å². The highest BCUT2D eigenvalue weighted by Crippen LogP contribution is 2.21. The van der Waals surface area contributed by atoms with Crippen LogP contribution in [0.2, 0.25) is 0 Å². The van der Waals surface area contributed by atoms with Gasteiger partial charge in [0.25, 0.3) is 0 Å². The van der Waals surface area contributed by atoms with Crippen LogP contribution < -0.4 is 5.63 Å². The zero-order chi connectivity index (χ0) is 13.2. The summed E-state index contributed by atoms with van der Waals surface area (Å²) in [5, 5.41) is 10.7. The highest BCUT2D eigenvalue weighted by Gasteiger charge is 2.27. The van der Waals surface area contributed by atoms with E-state index >= 15 is 0 Å². The highest BCUT2D eigenvalue weighted by atomic mass is 16.6. The molecule has 0 amide bonds. The fourth-order valence-electron chi connectivity index (χ4n) is 1.49. The smallest absolute Gasteiger partial charge is 0.415 e. The van der Waals surface area contributed by atoms with E-state index in [1.165, 1.54) is 13.8 Å². The number of nitro groups is 1. The van der Waals surface area contributed by atoms with Gasteiger partial charge in [-0.1, -0.05) is 0 Å². The summed E-state index contributed by atoms with van der Waals surface area (Å²) in [6.45, 7) is 4.43. The van der Waals surface area contributed by atoms with Crippen molar-refractivity contribution in [2.24, 2.45) is 0 Å². The van der Waals surface area contributed by atoms with E-state index in [-0.39, 0.29) is 23.5 Å². The molecule has 0 fully saturated rings. The lowest BCUT2D eigenvalue weighted by atomic mass is 10.1. The average molecular weight is 241 g/mol. The lowest BCUT2D eigenvalue weighted by molar-refractivity contribution is -0.388. The number of ether oxygens (including phenoxy) is 1. The van der Waals surface area contributed by atoms with Gasteiger partial charge in [-0.15, -0.1) is 0 Å². The number of nitrogens with zero attached hydrogens (tertiary/aromatic N) is 1. The minimum absolute atomic E-state index is 0.0107. The molecule has 0 unspecified atom stereocenters. The number of hydrogen-bond acceptors (Lipinski definition) is 6. The molecule has 0 aromatic carbocycles. The number of aryl methyl sites for hydroxylation is 1. The monoisotopic (exact) mass is 241 g/mol. The summed E-state index contributed by atoms with van der Waals surface area (Å²) in [5.41, 5.74) is -1.92. The van der Waals surface area contributed by atoms with Crippen molar-refractivity contribution in [3.05, 3.63) is 37.4 Å². The first-order valence-electron chi connectivity index (χ1n) is 4.86. The van der Waals surface area contributed by atoms with Gasteiger partial charge in [-0.25, -0.2) is 9.59 Å². The van der Waals surface area contributed by atoms with Crippen molar-refractivity contribution in [1.29, 1.82) is 0 Å². The van der Waals surface area contributed by atoms with Crippen LogP contribution in [0.5, 0.6) is 0 Å². The third-order valence-electron chi connectivity index (χ3n) is 2.18. The van der Waals surface area contributed by atoms with Gasteiger partial charge >= 0.3 is 17.3 Å². The molecule has 7 nitrogen and oxygen atoms in total. The highest BCUT2D eigenvalue weighted by molar-refractivity contribution is 5.92. The zero-order valence-corrected chi connectivity index (χ0v) is 9.60. The molecule has 1 rings (SSSR count). The van der Waals surface area contributed by atoms with Gasteiger partial charge in [-0.3, -0.25) is 10.1 Å². The molecule has 0 aliphatic heterocycles. The van der Waals surface area contributed by atoms with E-state index in [0.717, 1.165) is 0 Å². The molecular formula is C10H11NO6. The summed E-state index contributed by atoms with van der Waals surface area (Å²) < 4.78 is 9.39. The van der Waals surface area contributed by atoms with Crippen LogP contribution in [0.3, 0.4) is 0 Å². The van der Waals surface area contributed by atoms with Gasteiger partial charge in [0.05, 0.1) is 17.1 Å². The fraction of sp³-hybridized carbons (Fsp3) is 0.400. The maximum Gasteiger partial charge on any atom is 0.415 e. The molecule has 0 bridgehead atoms. The second-order valence-corrected chi connectivity index (χ2v) is 3.27. The Bertz CT molecular complexity index is 530. The average Bonchev–Trinajstić information content (AvgIpc) is 2.15. The Morgan fingerprint density at radius 2 is 2.06 bits per heavy atom. The first-order valence-corrected chi connectivity index (χ1v) is 4.86.